The standard InChI is InChI=1S/C19H38N6/c1-6-7-13-20-19(21-14-11-9-8-10-12-16(2)3)22-15-18-24-23-17(4)25(18)5/h16H,6-15H2,1-5H3,(H2,20,21,22). The largest absolute Gasteiger partial charge is 0.356 e. The third-order valence-electron chi connectivity index (χ3n) is 4.38. The van der Waals surface area contributed by atoms with Crippen LogP contribution in [0.25, 0.3) is 0 Å². The van der Waals surface area contributed by atoms with Crippen LogP contribution in [0.15, 0.2) is 4.99 Å². The highest BCUT2D eigenvalue weighted by molar-refractivity contribution is 5.79. The maximum absolute atomic E-state index is 4.67. The van der Waals surface area contributed by atoms with Gasteiger partial charge in [0.05, 0.1) is 0 Å². The molecule has 0 saturated carbocycles. The van der Waals surface area contributed by atoms with E-state index >= 15 is 0 Å². The summed E-state index contributed by atoms with van der Waals surface area (Å²) in [4.78, 5) is 4.67. The SMILES string of the molecule is CCCCNC(=NCc1nnc(C)n1C)NCCCCCCC(C)C. The first kappa shape index (κ1) is 21.5. The molecule has 0 unspecified atom stereocenters. The Kier molecular flexibility index (Phi) is 10.9. The summed E-state index contributed by atoms with van der Waals surface area (Å²) in [5.74, 6) is 3.52. The molecule has 2 N–H and O–H groups in total. The van der Waals surface area contributed by atoms with Gasteiger partial charge in [-0.05, 0) is 25.7 Å². The fraction of sp³-hybridized carbons (Fsp3) is 0.842. The van der Waals surface area contributed by atoms with Gasteiger partial charge in [-0.15, -0.1) is 10.2 Å². The summed E-state index contributed by atoms with van der Waals surface area (Å²) in [6.07, 6.45) is 8.82. The first-order chi connectivity index (χ1) is 12.0. The number of unbranched alkanes of at least 4 members (excludes halogenated alkanes) is 4. The predicted octanol–water partition coefficient (Wildman–Crippen LogP) is 3.57. The van der Waals surface area contributed by atoms with Gasteiger partial charge in [-0.25, -0.2) is 4.99 Å². The van der Waals surface area contributed by atoms with Crippen molar-refractivity contribution < 1.29 is 0 Å². The Balaban J connectivity index is 2.36. The molecule has 1 rings (SSSR count). The Morgan fingerprint density at radius 1 is 1.04 bits per heavy atom. The summed E-state index contributed by atoms with van der Waals surface area (Å²) in [6, 6.07) is 0. The molecule has 0 aromatic carbocycles. The molecule has 0 radical (unpaired) electrons. The third kappa shape index (κ3) is 9.46. The number of rotatable bonds is 12. The molecule has 6 nitrogen and oxygen atoms in total. The highest BCUT2D eigenvalue weighted by Gasteiger charge is 2.05. The first-order valence-corrected chi connectivity index (χ1v) is 9.91. The number of aryl methyl sites for hydroxylation is 1. The van der Waals surface area contributed by atoms with Gasteiger partial charge in [-0.3, -0.25) is 0 Å². The normalized spacial score (nSPS) is 12.0. The van der Waals surface area contributed by atoms with E-state index in [4.69, 9.17) is 0 Å². The summed E-state index contributed by atoms with van der Waals surface area (Å²) in [5.41, 5.74) is 0. The Morgan fingerprint density at radius 3 is 2.32 bits per heavy atom. The highest BCUT2D eigenvalue weighted by atomic mass is 15.3. The van der Waals surface area contributed by atoms with Crippen molar-refractivity contribution in [2.75, 3.05) is 13.1 Å². The van der Waals surface area contributed by atoms with E-state index in [-0.39, 0.29) is 0 Å². The number of aromatic nitrogens is 3. The smallest absolute Gasteiger partial charge is 0.191 e. The Morgan fingerprint density at radius 2 is 1.72 bits per heavy atom. The molecule has 0 aliphatic heterocycles. The van der Waals surface area contributed by atoms with Gasteiger partial charge >= 0.3 is 0 Å². The average Bonchev–Trinajstić information content (AvgIpc) is 2.90. The fourth-order valence-electron chi connectivity index (χ4n) is 2.53. The number of hydrogen-bond acceptors (Lipinski definition) is 3. The number of nitrogens with one attached hydrogen (secondary N) is 2. The van der Waals surface area contributed by atoms with Crippen molar-refractivity contribution in [3.63, 3.8) is 0 Å². The van der Waals surface area contributed by atoms with E-state index in [2.05, 4.69) is 46.6 Å². The van der Waals surface area contributed by atoms with Crippen molar-refractivity contribution >= 4 is 5.96 Å². The number of guanidine groups is 1. The molecule has 1 aromatic heterocycles. The van der Waals surface area contributed by atoms with Gasteiger partial charge in [0.25, 0.3) is 0 Å². The van der Waals surface area contributed by atoms with Crippen molar-refractivity contribution in [3.05, 3.63) is 11.6 Å². The Labute approximate surface area is 153 Å². The lowest BCUT2D eigenvalue weighted by Crippen LogP contribution is -2.38. The van der Waals surface area contributed by atoms with E-state index in [1.54, 1.807) is 0 Å². The second-order valence-electron chi connectivity index (χ2n) is 7.19. The maximum Gasteiger partial charge on any atom is 0.191 e. The lowest BCUT2D eigenvalue weighted by atomic mass is 10.0. The van der Waals surface area contributed by atoms with Crippen molar-refractivity contribution in [1.29, 1.82) is 0 Å². The first-order valence-electron chi connectivity index (χ1n) is 9.91. The van der Waals surface area contributed by atoms with Crippen LogP contribution in [0.1, 0.15) is 77.4 Å². The van der Waals surface area contributed by atoms with E-state index in [0.717, 1.165) is 43.0 Å². The molecule has 0 amide bonds. The van der Waals surface area contributed by atoms with Crippen LogP contribution in [0.2, 0.25) is 0 Å². The predicted molar refractivity (Wildman–Crippen MR) is 106 cm³/mol. The number of nitrogens with zero attached hydrogens (tertiary/aromatic N) is 4. The zero-order valence-electron chi connectivity index (χ0n) is 16.9. The van der Waals surface area contributed by atoms with E-state index in [0.29, 0.717) is 6.54 Å². The van der Waals surface area contributed by atoms with Crippen LogP contribution in [-0.4, -0.2) is 33.8 Å². The summed E-state index contributed by atoms with van der Waals surface area (Å²) >= 11 is 0. The van der Waals surface area contributed by atoms with Crippen LogP contribution < -0.4 is 10.6 Å². The van der Waals surface area contributed by atoms with Gasteiger partial charge in [0.15, 0.2) is 11.8 Å². The summed E-state index contributed by atoms with van der Waals surface area (Å²) in [5, 5.41) is 15.1. The minimum Gasteiger partial charge on any atom is -0.356 e. The summed E-state index contributed by atoms with van der Waals surface area (Å²) in [6.45, 7) is 11.2. The van der Waals surface area contributed by atoms with E-state index in [1.165, 1.54) is 38.5 Å². The minimum absolute atomic E-state index is 0.549. The van der Waals surface area contributed by atoms with Gasteiger partial charge in [0.1, 0.15) is 12.4 Å². The highest BCUT2D eigenvalue weighted by Crippen LogP contribution is 2.09. The topological polar surface area (TPSA) is 67.1 Å². The van der Waals surface area contributed by atoms with Crippen molar-refractivity contribution in [1.82, 2.24) is 25.4 Å². The summed E-state index contributed by atoms with van der Waals surface area (Å²) in [7, 11) is 1.98. The molecule has 0 bridgehead atoms. The fourth-order valence-corrected chi connectivity index (χ4v) is 2.53. The van der Waals surface area contributed by atoms with Gasteiger partial charge in [-0.1, -0.05) is 52.9 Å². The van der Waals surface area contributed by atoms with Crippen molar-refractivity contribution in [3.8, 4) is 0 Å². The molecule has 0 aliphatic carbocycles. The minimum atomic E-state index is 0.549. The lowest BCUT2D eigenvalue weighted by molar-refractivity contribution is 0.518. The average molecular weight is 351 g/mol. The molecule has 6 heteroatoms. The molecule has 25 heavy (non-hydrogen) atoms. The van der Waals surface area contributed by atoms with E-state index in [1.807, 2.05) is 18.5 Å². The van der Waals surface area contributed by atoms with Crippen LogP contribution in [0.5, 0.6) is 0 Å². The van der Waals surface area contributed by atoms with E-state index in [9.17, 15) is 0 Å². The molecule has 0 aliphatic rings. The maximum atomic E-state index is 4.67. The van der Waals surface area contributed by atoms with Gasteiger partial charge in [0, 0.05) is 20.1 Å². The van der Waals surface area contributed by atoms with Gasteiger partial charge < -0.3 is 15.2 Å². The molecule has 0 saturated heterocycles. The monoisotopic (exact) mass is 350 g/mol. The molecule has 0 fully saturated rings. The van der Waals surface area contributed by atoms with Crippen molar-refractivity contribution in [2.24, 2.45) is 18.0 Å². The molecule has 0 atom stereocenters. The lowest BCUT2D eigenvalue weighted by Gasteiger charge is -2.12. The van der Waals surface area contributed by atoms with Crippen molar-refractivity contribution in [2.45, 2.75) is 79.2 Å². The molecular formula is C19H38N6. The quantitative estimate of drug-likeness (QED) is 0.344. The molecule has 0 spiro atoms. The van der Waals surface area contributed by atoms with Crippen LogP contribution >= 0.6 is 0 Å². The zero-order valence-corrected chi connectivity index (χ0v) is 16.9. The Hall–Kier alpha value is -1.59. The number of aliphatic imine (C=N–C) groups is 1. The Bertz CT molecular complexity index is 492. The zero-order chi connectivity index (χ0) is 18.5. The molecule has 144 valence electrons. The molecular weight excluding hydrogens is 312 g/mol. The van der Waals surface area contributed by atoms with Crippen LogP contribution in [0.3, 0.4) is 0 Å². The molecule has 1 aromatic rings. The summed E-state index contributed by atoms with van der Waals surface area (Å²) < 4.78 is 1.99. The van der Waals surface area contributed by atoms with Gasteiger partial charge in [0.2, 0.25) is 0 Å². The van der Waals surface area contributed by atoms with E-state index < -0.39 is 0 Å². The second-order valence-corrected chi connectivity index (χ2v) is 7.19. The third-order valence-corrected chi connectivity index (χ3v) is 4.38. The van der Waals surface area contributed by atoms with Crippen LogP contribution in [0, 0.1) is 12.8 Å². The number of hydrogen-bond donors (Lipinski definition) is 2. The molecule has 1 heterocycles. The van der Waals surface area contributed by atoms with Gasteiger partial charge in [-0.2, -0.15) is 0 Å². The van der Waals surface area contributed by atoms with Crippen LogP contribution in [-0.2, 0) is 13.6 Å². The van der Waals surface area contributed by atoms with Crippen LogP contribution in [0.4, 0.5) is 0 Å². The second kappa shape index (κ2) is 12.7.